The van der Waals surface area contributed by atoms with Gasteiger partial charge < -0.3 is 9.47 Å². The Hall–Kier alpha value is -10.0. The van der Waals surface area contributed by atoms with Crippen molar-refractivity contribution in [3.8, 4) is 50.2 Å². The number of para-hydroxylation sites is 1. The van der Waals surface area contributed by atoms with Gasteiger partial charge in [0.2, 0.25) is 0 Å². The first-order chi connectivity index (χ1) is 38.2. The Morgan fingerprint density at radius 3 is 1.49 bits per heavy atom. The fourth-order valence-electron chi connectivity index (χ4n) is 12.8. The summed E-state index contributed by atoms with van der Waals surface area (Å²) in [7, 11) is 0. The molecule has 0 saturated heterocycles. The van der Waals surface area contributed by atoms with E-state index in [4.69, 9.17) is 0 Å². The predicted octanol–water partition coefficient (Wildman–Crippen LogP) is 19.9. The standard InChI is InChI=1S/C75H50N2/c1-3-24-58(25-4-1)75(59-26-5-2-6-27-59)70-33-13-11-30-66(70)67-46-45-62(50-71(67)75)76(61-43-38-54(39-44-61)64-32-16-20-52-18-7-9-28-63(52)64)60-41-36-51(37-42-60)55-22-15-23-56(48-55)57-40-47-74-69(49-57)68-31-12-14-34-73(68)77(74)72-35-17-21-53-19-8-10-29-65(53)72/h1-50H. The molecule has 360 valence electrons. The van der Waals surface area contributed by atoms with E-state index in [0.717, 1.165) is 22.6 Å². The fraction of sp³-hybridized carbons (Fsp3) is 0.0133. The van der Waals surface area contributed by atoms with Crippen LogP contribution in [0.3, 0.4) is 0 Å². The van der Waals surface area contributed by atoms with Crippen LogP contribution in [0.4, 0.5) is 17.1 Å². The summed E-state index contributed by atoms with van der Waals surface area (Å²) in [5, 5.41) is 7.45. The molecule has 0 saturated carbocycles. The normalized spacial score (nSPS) is 12.5. The lowest BCUT2D eigenvalue weighted by atomic mass is 9.67. The molecular formula is C75H50N2. The zero-order valence-electron chi connectivity index (χ0n) is 42.3. The van der Waals surface area contributed by atoms with E-state index in [0.29, 0.717) is 0 Å². The van der Waals surface area contributed by atoms with E-state index in [1.807, 2.05) is 0 Å². The third-order valence-electron chi connectivity index (χ3n) is 16.3. The van der Waals surface area contributed by atoms with Crippen molar-refractivity contribution in [2.24, 2.45) is 0 Å². The average molecular weight is 979 g/mol. The van der Waals surface area contributed by atoms with Gasteiger partial charge >= 0.3 is 0 Å². The number of aromatic nitrogens is 1. The molecule has 0 amide bonds. The molecule has 0 aliphatic heterocycles. The second-order valence-electron chi connectivity index (χ2n) is 20.4. The molecule has 0 bridgehead atoms. The molecule has 2 heteroatoms. The molecule has 0 atom stereocenters. The molecule has 0 N–H and O–H groups in total. The molecule has 0 fully saturated rings. The van der Waals surface area contributed by atoms with Crippen molar-refractivity contribution in [3.05, 3.63) is 326 Å². The number of benzene rings is 13. The summed E-state index contributed by atoms with van der Waals surface area (Å²) in [5.41, 5.74) is 21.1. The van der Waals surface area contributed by atoms with E-state index in [-0.39, 0.29) is 0 Å². The molecule has 1 aliphatic rings. The Morgan fingerprint density at radius 2 is 0.753 bits per heavy atom. The zero-order chi connectivity index (χ0) is 50.9. The van der Waals surface area contributed by atoms with E-state index in [1.54, 1.807) is 0 Å². The summed E-state index contributed by atoms with van der Waals surface area (Å²) in [6.07, 6.45) is 0. The minimum Gasteiger partial charge on any atom is -0.310 e. The molecule has 1 aromatic heterocycles. The highest BCUT2D eigenvalue weighted by molar-refractivity contribution is 6.12. The van der Waals surface area contributed by atoms with Crippen molar-refractivity contribution in [3.63, 3.8) is 0 Å². The average Bonchev–Trinajstić information content (AvgIpc) is 4.19. The van der Waals surface area contributed by atoms with Crippen LogP contribution < -0.4 is 4.90 Å². The molecule has 77 heavy (non-hydrogen) atoms. The summed E-state index contributed by atoms with van der Waals surface area (Å²) >= 11 is 0. The van der Waals surface area contributed by atoms with Crippen LogP contribution in [0, 0.1) is 0 Å². The number of hydrogen-bond acceptors (Lipinski definition) is 1. The lowest BCUT2D eigenvalue weighted by Crippen LogP contribution is -2.28. The summed E-state index contributed by atoms with van der Waals surface area (Å²) < 4.78 is 2.43. The van der Waals surface area contributed by atoms with Gasteiger partial charge in [0.1, 0.15) is 0 Å². The molecule has 15 rings (SSSR count). The Labute approximate surface area is 448 Å². The van der Waals surface area contributed by atoms with E-state index in [9.17, 15) is 0 Å². The maximum atomic E-state index is 2.46. The monoisotopic (exact) mass is 978 g/mol. The van der Waals surface area contributed by atoms with E-state index < -0.39 is 5.41 Å². The number of fused-ring (bicyclic) bond motifs is 8. The first kappa shape index (κ1) is 44.5. The van der Waals surface area contributed by atoms with Crippen LogP contribution in [0.5, 0.6) is 0 Å². The van der Waals surface area contributed by atoms with Gasteiger partial charge in [-0.25, -0.2) is 0 Å². The van der Waals surface area contributed by atoms with Crippen LogP contribution in [-0.2, 0) is 5.41 Å². The first-order valence-electron chi connectivity index (χ1n) is 26.7. The second-order valence-corrected chi connectivity index (χ2v) is 20.4. The van der Waals surface area contributed by atoms with Crippen LogP contribution >= 0.6 is 0 Å². The smallest absolute Gasteiger partial charge is 0.0714 e. The van der Waals surface area contributed by atoms with E-state index >= 15 is 0 Å². The van der Waals surface area contributed by atoms with Crippen LogP contribution in [0.1, 0.15) is 22.3 Å². The minimum atomic E-state index is -0.526. The molecule has 0 spiro atoms. The number of rotatable bonds is 9. The topological polar surface area (TPSA) is 8.17 Å². The lowest BCUT2D eigenvalue weighted by Gasteiger charge is -2.35. The number of nitrogens with zero attached hydrogens (tertiary/aromatic N) is 2. The molecule has 2 nitrogen and oxygen atoms in total. The van der Waals surface area contributed by atoms with Crippen molar-refractivity contribution in [1.82, 2.24) is 4.57 Å². The highest BCUT2D eigenvalue weighted by Crippen LogP contribution is 2.57. The minimum absolute atomic E-state index is 0.526. The SMILES string of the molecule is c1ccc(C2(c3ccccc3)c3ccccc3-c3ccc(N(c4ccc(-c5cccc(-c6ccc7c(c6)c6ccccc6n7-c6cccc7ccccc67)c5)cc4)c4ccc(-c5cccc6ccccc56)cc4)cc32)cc1. The van der Waals surface area contributed by atoms with Crippen LogP contribution in [0.15, 0.2) is 303 Å². The van der Waals surface area contributed by atoms with Gasteiger partial charge in [-0.05, 0) is 150 Å². The second kappa shape index (κ2) is 18.1. The van der Waals surface area contributed by atoms with Gasteiger partial charge in [0.05, 0.1) is 22.1 Å². The van der Waals surface area contributed by atoms with Crippen LogP contribution in [0.2, 0.25) is 0 Å². The van der Waals surface area contributed by atoms with Crippen molar-refractivity contribution < 1.29 is 0 Å². The van der Waals surface area contributed by atoms with E-state index in [2.05, 4.69) is 313 Å². The van der Waals surface area contributed by atoms with Crippen molar-refractivity contribution in [2.45, 2.75) is 5.41 Å². The summed E-state index contributed by atoms with van der Waals surface area (Å²) in [4.78, 5) is 2.43. The molecule has 14 aromatic rings. The van der Waals surface area contributed by atoms with Gasteiger partial charge in [-0.2, -0.15) is 0 Å². The maximum Gasteiger partial charge on any atom is 0.0714 e. The molecule has 0 unspecified atom stereocenters. The zero-order valence-corrected chi connectivity index (χ0v) is 42.3. The lowest BCUT2D eigenvalue weighted by molar-refractivity contribution is 0.768. The summed E-state index contributed by atoms with van der Waals surface area (Å²) in [6.45, 7) is 0. The van der Waals surface area contributed by atoms with Crippen molar-refractivity contribution in [2.75, 3.05) is 4.90 Å². The molecule has 1 aliphatic carbocycles. The Bertz CT molecular complexity index is 4500. The Kier molecular flexibility index (Phi) is 10.5. The Balaban J connectivity index is 0.844. The van der Waals surface area contributed by atoms with Gasteiger partial charge in [-0.3, -0.25) is 0 Å². The van der Waals surface area contributed by atoms with Gasteiger partial charge in [0, 0.05) is 33.2 Å². The highest BCUT2D eigenvalue weighted by Gasteiger charge is 2.46. The Morgan fingerprint density at radius 1 is 0.260 bits per heavy atom. The van der Waals surface area contributed by atoms with Crippen LogP contribution in [0.25, 0.3) is 93.5 Å². The maximum absolute atomic E-state index is 2.46. The number of anilines is 3. The van der Waals surface area contributed by atoms with Gasteiger partial charge in [-0.15, -0.1) is 0 Å². The summed E-state index contributed by atoms with van der Waals surface area (Å²) in [5.74, 6) is 0. The highest BCUT2D eigenvalue weighted by atomic mass is 15.1. The third kappa shape index (κ3) is 7.18. The summed E-state index contributed by atoms with van der Waals surface area (Å²) in [6, 6.07) is 112. The van der Waals surface area contributed by atoms with Gasteiger partial charge in [0.25, 0.3) is 0 Å². The fourth-order valence-corrected chi connectivity index (χ4v) is 12.8. The van der Waals surface area contributed by atoms with Crippen LogP contribution in [-0.4, -0.2) is 4.57 Å². The predicted molar refractivity (Wildman–Crippen MR) is 324 cm³/mol. The van der Waals surface area contributed by atoms with Crippen molar-refractivity contribution in [1.29, 1.82) is 0 Å². The first-order valence-corrected chi connectivity index (χ1v) is 26.7. The third-order valence-corrected chi connectivity index (χ3v) is 16.3. The van der Waals surface area contributed by atoms with Gasteiger partial charge in [0.15, 0.2) is 0 Å². The molecule has 13 aromatic carbocycles. The van der Waals surface area contributed by atoms with Crippen molar-refractivity contribution >= 4 is 60.4 Å². The molecular weight excluding hydrogens is 929 g/mol. The molecule has 1 heterocycles. The quantitative estimate of drug-likeness (QED) is 0.140. The van der Waals surface area contributed by atoms with E-state index in [1.165, 1.54) is 110 Å². The largest absolute Gasteiger partial charge is 0.310 e. The van der Waals surface area contributed by atoms with Gasteiger partial charge in [-0.1, -0.05) is 237 Å². The molecule has 0 radical (unpaired) electrons. The number of hydrogen-bond donors (Lipinski definition) is 0.